The lowest BCUT2D eigenvalue weighted by Gasteiger charge is -2.11. The Hall–Kier alpha value is -2.08. The molecule has 3 amide bonds. The van der Waals surface area contributed by atoms with Crippen molar-refractivity contribution in [3.05, 3.63) is 24.3 Å². The zero-order valence-corrected chi connectivity index (χ0v) is 11.5. The zero-order chi connectivity index (χ0) is 14.3. The molecule has 0 aliphatic rings. The van der Waals surface area contributed by atoms with Crippen LogP contribution in [0.2, 0.25) is 0 Å². The minimum atomic E-state index is -0.242. The number of hydrogen-bond donors (Lipinski definition) is 3. The zero-order valence-electron chi connectivity index (χ0n) is 11.5. The number of nitrogens with zero attached hydrogens (tertiary/aromatic N) is 1. The van der Waals surface area contributed by atoms with Crippen LogP contribution in [0, 0.1) is 0 Å². The summed E-state index contributed by atoms with van der Waals surface area (Å²) >= 11 is 0. The minimum Gasteiger partial charge on any atom is -0.337 e. The van der Waals surface area contributed by atoms with Crippen LogP contribution in [0.4, 0.5) is 16.2 Å². The van der Waals surface area contributed by atoms with Crippen LogP contribution < -0.4 is 16.0 Å². The van der Waals surface area contributed by atoms with E-state index in [4.69, 9.17) is 0 Å². The van der Waals surface area contributed by atoms with E-state index >= 15 is 0 Å². The number of carbonyl (C=O) groups excluding carboxylic acids is 2. The Balaban J connectivity index is 2.40. The lowest BCUT2D eigenvalue weighted by Crippen LogP contribution is -2.34. The van der Waals surface area contributed by atoms with E-state index in [1.165, 1.54) is 6.92 Å². The van der Waals surface area contributed by atoms with E-state index in [9.17, 15) is 9.59 Å². The molecule has 0 saturated heterocycles. The summed E-state index contributed by atoms with van der Waals surface area (Å²) in [6.07, 6.45) is 0. The lowest BCUT2D eigenvalue weighted by atomic mass is 10.3. The fourth-order valence-corrected chi connectivity index (χ4v) is 1.41. The highest BCUT2D eigenvalue weighted by atomic mass is 16.2. The molecule has 104 valence electrons. The van der Waals surface area contributed by atoms with Crippen molar-refractivity contribution in [1.29, 1.82) is 0 Å². The number of carbonyl (C=O) groups is 2. The van der Waals surface area contributed by atoms with E-state index in [1.54, 1.807) is 24.3 Å². The van der Waals surface area contributed by atoms with Crippen molar-refractivity contribution in [3.63, 3.8) is 0 Å². The van der Waals surface area contributed by atoms with Gasteiger partial charge in [0.25, 0.3) is 0 Å². The molecule has 0 bridgehead atoms. The maximum atomic E-state index is 11.5. The quantitative estimate of drug-likeness (QED) is 0.751. The Morgan fingerprint density at radius 1 is 1.05 bits per heavy atom. The van der Waals surface area contributed by atoms with Gasteiger partial charge in [-0.25, -0.2) is 4.79 Å². The van der Waals surface area contributed by atoms with Crippen LogP contribution in [0.3, 0.4) is 0 Å². The van der Waals surface area contributed by atoms with E-state index in [0.29, 0.717) is 17.9 Å². The summed E-state index contributed by atoms with van der Waals surface area (Å²) in [6, 6.07) is 6.69. The molecule has 0 saturated carbocycles. The largest absolute Gasteiger partial charge is 0.337 e. The van der Waals surface area contributed by atoms with E-state index in [0.717, 1.165) is 6.54 Å². The Labute approximate surface area is 113 Å². The van der Waals surface area contributed by atoms with Gasteiger partial charge in [0.15, 0.2) is 0 Å². The van der Waals surface area contributed by atoms with Crippen molar-refractivity contribution in [2.24, 2.45) is 0 Å². The number of anilines is 2. The molecule has 6 heteroatoms. The highest BCUT2D eigenvalue weighted by molar-refractivity contribution is 5.91. The van der Waals surface area contributed by atoms with Crippen LogP contribution in [0.25, 0.3) is 0 Å². The SMILES string of the molecule is CC(=O)Nc1ccc(NC(=O)NCCN(C)C)cc1. The summed E-state index contributed by atoms with van der Waals surface area (Å²) in [7, 11) is 3.89. The van der Waals surface area contributed by atoms with Crippen LogP contribution >= 0.6 is 0 Å². The topological polar surface area (TPSA) is 73.5 Å². The van der Waals surface area contributed by atoms with E-state index < -0.39 is 0 Å². The van der Waals surface area contributed by atoms with E-state index in [2.05, 4.69) is 16.0 Å². The van der Waals surface area contributed by atoms with Crippen molar-refractivity contribution < 1.29 is 9.59 Å². The Kier molecular flexibility index (Phi) is 5.81. The molecule has 0 aliphatic carbocycles. The van der Waals surface area contributed by atoms with Gasteiger partial charge in [0.05, 0.1) is 0 Å². The van der Waals surface area contributed by atoms with Gasteiger partial charge < -0.3 is 20.9 Å². The van der Waals surface area contributed by atoms with Gasteiger partial charge in [-0.15, -0.1) is 0 Å². The number of likely N-dealkylation sites (N-methyl/N-ethyl adjacent to an activating group) is 1. The normalized spacial score (nSPS) is 10.1. The maximum Gasteiger partial charge on any atom is 0.319 e. The second-order valence-electron chi connectivity index (χ2n) is 4.44. The van der Waals surface area contributed by atoms with Gasteiger partial charge >= 0.3 is 6.03 Å². The smallest absolute Gasteiger partial charge is 0.319 e. The van der Waals surface area contributed by atoms with Crippen LogP contribution in [-0.4, -0.2) is 44.0 Å². The van der Waals surface area contributed by atoms with Crippen LogP contribution in [0.5, 0.6) is 0 Å². The van der Waals surface area contributed by atoms with Gasteiger partial charge in [0, 0.05) is 31.4 Å². The van der Waals surface area contributed by atoms with Gasteiger partial charge in [0.1, 0.15) is 0 Å². The molecule has 1 aromatic carbocycles. The first kappa shape index (κ1) is 15.0. The highest BCUT2D eigenvalue weighted by Gasteiger charge is 2.01. The summed E-state index contributed by atoms with van der Waals surface area (Å²) in [5.74, 6) is -0.123. The van der Waals surface area contributed by atoms with Crippen LogP contribution in [0.15, 0.2) is 24.3 Å². The van der Waals surface area contributed by atoms with Crippen molar-refractivity contribution in [2.75, 3.05) is 37.8 Å². The Morgan fingerprint density at radius 3 is 2.05 bits per heavy atom. The average molecular weight is 264 g/mol. The van der Waals surface area contributed by atoms with E-state index in [1.807, 2.05) is 19.0 Å². The number of urea groups is 1. The molecule has 0 atom stereocenters. The number of amides is 3. The van der Waals surface area contributed by atoms with Crippen molar-refractivity contribution in [3.8, 4) is 0 Å². The summed E-state index contributed by atoms with van der Waals surface area (Å²) in [5, 5.41) is 8.12. The summed E-state index contributed by atoms with van der Waals surface area (Å²) < 4.78 is 0. The summed E-state index contributed by atoms with van der Waals surface area (Å²) in [4.78, 5) is 24.4. The van der Waals surface area contributed by atoms with Crippen LogP contribution in [-0.2, 0) is 4.79 Å². The first-order chi connectivity index (χ1) is 8.97. The standard InChI is InChI=1S/C13H20N4O2/c1-10(18)15-11-4-6-12(7-5-11)16-13(19)14-8-9-17(2)3/h4-7H,8-9H2,1-3H3,(H,15,18)(H2,14,16,19). The Morgan fingerprint density at radius 2 is 1.58 bits per heavy atom. The first-order valence-corrected chi connectivity index (χ1v) is 6.04. The van der Waals surface area contributed by atoms with Crippen molar-refractivity contribution in [1.82, 2.24) is 10.2 Å². The highest BCUT2D eigenvalue weighted by Crippen LogP contribution is 2.13. The third kappa shape index (κ3) is 6.42. The van der Waals surface area contributed by atoms with Crippen molar-refractivity contribution in [2.45, 2.75) is 6.92 Å². The second-order valence-corrected chi connectivity index (χ2v) is 4.44. The molecule has 0 spiro atoms. The predicted octanol–water partition coefficient (Wildman–Crippen LogP) is 1.33. The molecule has 3 N–H and O–H groups in total. The van der Waals surface area contributed by atoms with Gasteiger partial charge in [0.2, 0.25) is 5.91 Å². The average Bonchev–Trinajstić information content (AvgIpc) is 2.30. The van der Waals surface area contributed by atoms with Gasteiger partial charge in [-0.05, 0) is 38.4 Å². The molecule has 0 radical (unpaired) electrons. The third-order valence-corrected chi connectivity index (χ3v) is 2.31. The van der Waals surface area contributed by atoms with Crippen LogP contribution in [0.1, 0.15) is 6.92 Å². The molecule has 0 unspecified atom stereocenters. The molecule has 0 aromatic heterocycles. The van der Waals surface area contributed by atoms with Gasteiger partial charge in [-0.3, -0.25) is 4.79 Å². The molecule has 19 heavy (non-hydrogen) atoms. The Bertz CT molecular complexity index is 429. The fourth-order valence-electron chi connectivity index (χ4n) is 1.41. The molecular weight excluding hydrogens is 244 g/mol. The molecule has 0 fully saturated rings. The monoisotopic (exact) mass is 264 g/mol. The molecule has 6 nitrogen and oxygen atoms in total. The summed E-state index contributed by atoms with van der Waals surface area (Å²) in [5.41, 5.74) is 1.38. The molecule has 0 aliphatic heterocycles. The minimum absolute atomic E-state index is 0.123. The summed E-state index contributed by atoms with van der Waals surface area (Å²) in [6.45, 7) is 2.82. The third-order valence-electron chi connectivity index (χ3n) is 2.31. The van der Waals surface area contributed by atoms with Crippen molar-refractivity contribution >= 4 is 23.3 Å². The predicted molar refractivity (Wildman–Crippen MR) is 76.3 cm³/mol. The number of nitrogens with one attached hydrogen (secondary N) is 3. The van der Waals surface area contributed by atoms with E-state index in [-0.39, 0.29) is 11.9 Å². The maximum absolute atomic E-state index is 11.5. The van der Waals surface area contributed by atoms with Gasteiger partial charge in [-0.1, -0.05) is 0 Å². The molecular formula is C13H20N4O2. The number of rotatable bonds is 5. The van der Waals surface area contributed by atoms with Gasteiger partial charge in [-0.2, -0.15) is 0 Å². The molecule has 1 rings (SSSR count). The molecule has 0 heterocycles. The second kappa shape index (κ2) is 7.38. The lowest BCUT2D eigenvalue weighted by molar-refractivity contribution is -0.114. The number of benzene rings is 1. The number of hydrogen-bond acceptors (Lipinski definition) is 3. The first-order valence-electron chi connectivity index (χ1n) is 6.04. The fraction of sp³-hybridized carbons (Fsp3) is 0.385. The molecule has 1 aromatic rings.